The van der Waals surface area contributed by atoms with Gasteiger partial charge in [0, 0.05) is 23.3 Å². The molecule has 1 atom stereocenters. The topological polar surface area (TPSA) is 37.4 Å². The minimum atomic E-state index is -2.93. The zero-order chi connectivity index (χ0) is 13.8. The van der Waals surface area contributed by atoms with E-state index in [0.717, 1.165) is 17.6 Å². The lowest BCUT2D eigenvalue weighted by atomic mass is 10.2. The fourth-order valence-corrected chi connectivity index (χ4v) is 3.47. The zero-order valence-corrected chi connectivity index (χ0v) is 13.5. The summed E-state index contributed by atoms with van der Waals surface area (Å²) in [6.07, 6.45) is 1.29. The molecule has 0 aliphatic carbocycles. The van der Waals surface area contributed by atoms with Crippen LogP contribution in [0.5, 0.6) is 0 Å². The molecule has 0 aliphatic rings. The smallest absolute Gasteiger partial charge is 0.148 e. The molecule has 0 radical (unpaired) electrons. The van der Waals surface area contributed by atoms with Gasteiger partial charge in [0.25, 0.3) is 0 Å². The fourth-order valence-electron chi connectivity index (χ4n) is 1.97. The summed E-state index contributed by atoms with van der Waals surface area (Å²) in [6.45, 7) is 5.60. The highest BCUT2D eigenvalue weighted by molar-refractivity contribution is 9.10. The Labute approximate surface area is 118 Å². The summed E-state index contributed by atoms with van der Waals surface area (Å²) in [7, 11) is -2.93. The Bertz CT molecular complexity index is 488. The van der Waals surface area contributed by atoms with E-state index in [-0.39, 0.29) is 11.8 Å². The molecule has 18 heavy (non-hydrogen) atoms. The van der Waals surface area contributed by atoms with E-state index in [4.69, 9.17) is 0 Å². The summed E-state index contributed by atoms with van der Waals surface area (Å²) in [6, 6.07) is 8.06. The van der Waals surface area contributed by atoms with Crippen molar-refractivity contribution in [2.45, 2.75) is 26.4 Å². The third kappa shape index (κ3) is 5.08. The number of halogens is 1. The van der Waals surface area contributed by atoms with Crippen molar-refractivity contribution in [2.24, 2.45) is 0 Å². The highest BCUT2D eigenvalue weighted by atomic mass is 79.9. The van der Waals surface area contributed by atoms with Crippen LogP contribution in [-0.2, 0) is 16.4 Å². The first-order valence-electron chi connectivity index (χ1n) is 5.98. The molecule has 1 rings (SSSR count). The molecule has 0 fully saturated rings. The van der Waals surface area contributed by atoms with Gasteiger partial charge in [0.2, 0.25) is 0 Å². The Morgan fingerprint density at radius 2 is 1.94 bits per heavy atom. The normalized spacial score (nSPS) is 13.8. The molecule has 0 saturated heterocycles. The van der Waals surface area contributed by atoms with E-state index in [0.29, 0.717) is 0 Å². The van der Waals surface area contributed by atoms with Crippen LogP contribution < -0.4 is 0 Å². The molecule has 102 valence electrons. The molecule has 1 aromatic rings. The number of rotatable bonds is 6. The van der Waals surface area contributed by atoms with Gasteiger partial charge in [-0.25, -0.2) is 8.42 Å². The van der Waals surface area contributed by atoms with Gasteiger partial charge in [-0.2, -0.15) is 0 Å². The summed E-state index contributed by atoms with van der Waals surface area (Å²) >= 11 is 3.52. The van der Waals surface area contributed by atoms with Crippen molar-refractivity contribution in [1.82, 2.24) is 4.90 Å². The molecule has 0 saturated carbocycles. The Hall–Kier alpha value is -0.390. The highest BCUT2D eigenvalue weighted by Gasteiger charge is 2.17. The van der Waals surface area contributed by atoms with Gasteiger partial charge in [0.05, 0.1) is 5.75 Å². The third-order valence-electron chi connectivity index (χ3n) is 2.90. The molecule has 3 nitrogen and oxygen atoms in total. The lowest BCUT2D eigenvalue weighted by Gasteiger charge is -2.27. The molecule has 0 heterocycles. The second-order valence-corrected chi connectivity index (χ2v) is 7.64. The molecule has 0 aromatic heterocycles. The van der Waals surface area contributed by atoms with Crippen molar-refractivity contribution < 1.29 is 8.42 Å². The van der Waals surface area contributed by atoms with Crippen LogP contribution in [0.25, 0.3) is 0 Å². The van der Waals surface area contributed by atoms with Gasteiger partial charge in [-0.1, -0.05) is 41.1 Å². The minimum absolute atomic E-state index is 0.0251. The van der Waals surface area contributed by atoms with Crippen molar-refractivity contribution >= 4 is 25.8 Å². The molecule has 1 aromatic carbocycles. The SMILES string of the molecule is CCN(Cc1ccccc1Br)C(C)CS(C)(=O)=O. The average Bonchev–Trinajstić information content (AvgIpc) is 2.25. The van der Waals surface area contributed by atoms with E-state index in [9.17, 15) is 8.42 Å². The lowest BCUT2D eigenvalue weighted by Crippen LogP contribution is -2.37. The molecule has 0 amide bonds. The van der Waals surface area contributed by atoms with Crippen LogP contribution in [-0.4, -0.2) is 37.9 Å². The minimum Gasteiger partial charge on any atom is -0.296 e. The average molecular weight is 334 g/mol. The summed E-state index contributed by atoms with van der Waals surface area (Å²) in [5.41, 5.74) is 1.18. The van der Waals surface area contributed by atoms with E-state index in [1.807, 2.05) is 25.1 Å². The van der Waals surface area contributed by atoms with Gasteiger partial charge in [-0.05, 0) is 25.1 Å². The quantitative estimate of drug-likeness (QED) is 0.803. The van der Waals surface area contributed by atoms with Crippen LogP contribution in [0, 0.1) is 0 Å². The van der Waals surface area contributed by atoms with Crippen molar-refractivity contribution in [2.75, 3.05) is 18.6 Å². The predicted octanol–water partition coefficient (Wildman–Crippen LogP) is 2.70. The Balaban J connectivity index is 2.76. The van der Waals surface area contributed by atoms with Gasteiger partial charge in [0.1, 0.15) is 9.84 Å². The van der Waals surface area contributed by atoms with E-state index in [2.05, 4.69) is 33.8 Å². The van der Waals surface area contributed by atoms with Crippen molar-refractivity contribution in [3.05, 3.63) is 34.3 Å². The maximum absolute atomic E-state index is 11.3. The van der Waals surface area contributed by atoms with Crippen LogP contribution in [0.15, 0.2) is 28.7 Å². The molecule has 5 heteroatoms. The second kappa shape index (κ2) is 6.68. The monoisotopic (exact) mass is 333 g/mol. The molecular formula is C13H20BrNO2S. The number of hydrogen-bond acceptors (Lipinski definition) is 3. The van der Waals surface area contributed by atoms with Gasteiger partial charge in [-0.15, -0.1) is 0 Å². The molecule has 0 bridgehead atoms. The Morgan fingerprint density at radius 3 is 2.44 bits per heavy atom. The summed E-state index contributed by atoms with van der Waals surface area (Å²) in [5.74, 6) is 0.200. The van der Waals surface area contributed by atoms with Crippen LogP contribution in [0.4, 0.5) is 0 Å². The van der Waals surface area contributed by atoms with Crippen molar-refractivity contribution in [3.63, 3.8) is 0 Å². The Morgan fingerprint density at radius 1 is 1.33 bits per heavy atom. The van der Waals surface area contributed by atoms with Crippen LogP contribution >= 0.6 is 15.9 Å². The van der Waals surface area contributed by atoms with Gasteiger partial charge in [0.15, 0.2) is 0 Å². The van der Waals surface area contributed by atoms with Crippen LogP contribution in [0.3, 0.4) is 0 Å². The molecule has 0 aliphatic heterocycles. The number of hydrogen-bond donors (Lipinski definition) is 0. The van der Waals surface area contributed by atoms with Crippen LogP contribution in [0.1, 0.15) is 19.4 Å². The Kier molecular flexibility index (Phi) is 5.82. The number of sulfone groups is 1. The van der Waals surface area contributed by atoms with E-state index in [1.165, 1.54) is 11.8 Å². The first kappa shape index (κ1) is 15.7. The van der Waals surface area contributed by atoms with Gasteiger partial charge < -0.3 is 0 Å². The number of benzene rings is 1. The maximum Gasteiger partial charge on any atom is 0.148 e. The van der Waals surface area contributed by atoms with Crippen LogP contribution in [0.2, 0.25) is 0 Å². The largest absolute Gasteiger partial charge is 0.296 e. The molecule has 0 N–H and O–H groups in total. The van der Waals surface area contributed by atoms with Gasteiger partial charge in [-0.3, -0.25) is 4.90 Å². The third-order valence-corrected chi connectivity index (χ3v) is 4.77. The zero-order valence-electron chi connectivity index (χ0n) is 11.1. The fraction of sp³-hybridized carbons (Fsp3) is 0.538. The summed E-state index contributed by atoms with van der Waals surface area (Å²) in [4.78, 5) is 2.17. The predicted molar refractivity (Wildman–Crippen MR) is 79.4 cm³/mol. The van der Waals surface area contributed by atoms with Gasteiger partial charge >= 0.3 is 0 Å². The summed E-state index contributed by atoms with van der Waals surface area (Å²) in [5, 5.41) is 0. The standard InChI is InChI=1S/C13H20BrNO2S/c1-4-15(11(2)10-18(3,16)17)9-12-7-5-6-8-13(12)14/h5-8,11H,4,9-10H2,1-3H3. The first-order chi connectivity index (χ1) is 8.33. The highest BCUT2D eigenvalue weighted by Crippen LogP contribution is 2.19. The maximum atomic E-state index is 11.3. The molecular weight excluding hydrogens is 314 g/mol. The van der Waals surface area contributed by atoms with E-state index in [1.54, 1.807) is 0 Å². The number of nitrogens with zero attached hydrogens (tertiary/aromatic N) is 1. The molecule has 0 spiro atoms. The van der Waals surface area contributed by atoms with Crippen molar-refractivity contribution in [3.8, 4) is 0 Å². The van der Waals surface area contributed by atoms with E-state index >= 15 is 0 Å². The molecule has 1 unspecified atom stereocenters. The lowest BCUT2D eigenvalue weighted by molar-refractivity contribution is 0.226. The first-order valence-corrected chi connectivity index (χ1v) is 8.84. The second-order valence-electron chi connectivity index (χ2n) is 4.60. The van der Waals surface area contributed by atoms with E-state index < -0.39 is 9.84 Å². The summed E-state index contributed by atoms with van der Waals surface area (Å²) < 4.78 is 23.8. The van der Waals surface area contributed by atoms with Crippen molar-refractivity contribution in [1.29, 1.82) is 0 Å².